The maximum absolute atomic E-state index is 11.6. The molecule has 2 rings (SSSR count). The molecule has 0 aromatic heterocycles. The monoisotopic (exact) mass is 502 g/mol. The zero-order chi connectivity index (χ0) is 24.1. The van der Waals surface area contributed by atoms with E-state index in [1.165, 1.54) is 25.0 Å². The molecule has 2 aliphatic carbocycles. The molecule has 0 bridgehead atoms. The Bertz CT molecular complexity index is 754. The van der Waals surface area contributed by atoms with E-state index < -0.39 is 45.7 Å². The SMILES string of the molecule is O=C(/C=C\C(=O)OC1CCCCC1)OC1CCCCC1.O=C(O)CC(C(=O)O)S(=O)(=O)O.[H-].[Na+]. The van der Waals surface area contributed by atoms with Gasteiger partial charge in [-0.2, -0.15) is 8.42 Å². The Morgan fingerprint density at radius 1 is 0.818 bits per heavy atom. The van der Waals surface area contributed by atoms with Gasteiger partial charge in [0.15, 0.2) is 5.25 Å². The molecule has 33 heavy (non-hydrogen) atoms. The molecule has 11 nitrogen and oxygen atoms in total. The third-order valence-corrected chi connectivity index (χ3v) is 6.11. The molecule has 184 valence electrons. The number of hydrogen-bond donors (Lipinski definition) is 3. The van der Waals surface area contributed by atoms with Crippen molar-refractivity contribution in [3.63, 3.8) is 0 Å². The summed E-state index contributed by atoms with van der Waals surface area (Å²) in [7, 11) is -4.84. The van der Waals surface area contributed by atoms with Gasteiger partial charge in [0.2, 0.25) is 0 Å². The smallest absolute Gasteiger partial charge is 1.00 e. The Kier molecular flexibility index (Phi) is 15.5. The summed E-state index contributed by atoms with van der Waals surface area (Å²) >= 11 is 0. The van der Waals surface area contributed by atoms with Gasteiger partial charge < -0.3 is 21.1 Å². The first-order chi connectivity index (χ1) is 15.0. The number of carbonyl (C=O) groups is 4. The van der Waals surface area contributed by atoms with Gasteiger partial charge in [0.05, 0.1) is 6.42 Å². The van der Waals surface area contributed by atoms with E-state index in [9.17, 15) is 27.6 Å². The van der Waals surface area contributed by atoms with Gasteiger partial charge in [-0.1, -0.05) is 12.8 Å². The molecule has 0 spiro atoms. The first-order valence-corrected chi connectivity index (χ1v) is 12.0. The predicted molar refractivity (Wildman–Crippen MR) is 111 cm³/mol. The van der Waals surface area contributed by atoms with Crippen LogP contribution in [-0.4, -0.2) is 64.5 Å². The van der Waals surface area contributed by atoms with E-state index in [0.717, 1.165) is 51.4 Å². The Morgan fingerprint density at radius 2 is 1.18 bits per heavy atom. The van der Waals surface area contributed by atoms with Crippen molar-refractivity contribution in [2.75, 3.05) is 0 Å². The zero-order valence-corrected chi connectivity index (χ0v) is 21.5. The first-order valence-electron chi connectivity index (χ1n) is 10.5. The molecule has 1 atom stereocenters. The third kappa shape index (κ3) is 14.4. The minimum Gasteiger partial charge on any atom is -1.00 e. The van der Waals surface area contributed by atoms with E-state index >= 15 is 0 Å². The van der Waals surface area contributed by atoms with Gasteiger partial charge in [-0.25, -0.2) is 9.59 Å². The molecule has 3 N–H and O–H groups in total. The summed E-state index contributed by atoms with van der Waals surface area (Å²) in [6.07, 6.45) is 11.9. The van der Waals surface area contributed by atoms with Crippen LogP contribution in [0.4, 0.5) is 0 Å². The van der Waals surface area contributed by atoms with Crippen molar-refractivity contribution in [1.29, 1.82) is 0 Å². The average Bonchev–Trinajstić information content (AvgIpc) is 2.71. The molecule has 0 aromatic rings. The summed E-state index contributed by atoms with van der Waals surface area (Å²) in [6, 6.07) is 0. The van der Waals surface area contributed by atoms with E-state index in [1.54, 1.807) is 0 Å². The zero-order valence-electron chi connectivity index (χ0n) is 19.7. The van der Waals surface area contributed by atoms with Crippen LogP contribution in [-0.2, 0) is 38.8 Å². The second kappa shape index (κ2) is 16.2. The van der Waals surface area contributed by atoms with Gasteiger partial charge in [0.25, 0.3) is 10.1 Å². The largest absolute Gasteiger partial charge is 1.00 e. The fourth-order valence-corrected chi connectivity index (χ4v) is 4.00. The standard InChI is InChI=1S/C16H24O4.C4H6O7S.Na.H/c17-15(19-13-7-3-1-4-8-13)11-12-16(18)20-14-9-5-2-6-10-14;5-3(6)1-2(4(7)8)12(9,10)11;;/h11-14H,1-10H2;2H,1H2,(H,5,6)(H,7,8)(H,9,10,11);;/q;;+1;-1/b12-11-;;;. The van der Waals surface area contributed by atoms with Crippen LogP contribution in [0.3, 0.4) is 0 Å². The van der Waals surface area contributed by atoms with E-state index in [0.29, 0.717) is 0 Å². The molecule has 0 aliphatic heterocycles. The second-order valence-electron chi connectivity index (χ2n) is 7.67. The molecular weight excluding hydrogens is 471 g/mol. The van der Waals surface area contributed by atoms with Crippen molar-refractivity contribution in [2.24, 2.45) is 0 Å². The van der Waals surface area contributed by atoms with Gasteiger partial charge in [0.1, 0.15) is 12.2 Å². The van der Waals surface area contributed by atoms with Crippen molar-refractivity contribution in [3.8, 4) is 0 Å². The maximum Gasteiger partial charge on any atom is 1.00 e. The maximum atomic E-state index is 11.6. The van der Waals surface area contributed by atoms with Crippen LogP contribution >= 0.6 is 0 Å². The predicted octanol–water partition coefficient (Wildman–Crippen LogP) is -0.787. The molecular formula is C20H31NaO11S. The van der Waals surface area contributed by atoms with Gasteiger partial charge in [0, 0.05) is 12.2 Å². The Hall–Kier alpha value is -1.47. The fourth-order valence-electron chi connectivity index (χ4n) is 3.39. The number of ether oxygens (including phenoxy) is 2. The van der Waals surface area contributed by atoms with Crippen LogP contribution in [0.15, 0.2) is 12.2 Å². The average molecular weight is 503 g/mol. The molecule has 13 heteroatoms. The van der Waals surface area contributed by atoms with Crippen LogP contribution in [0, 0.1) is 0 Å². The summed E-state index contributed by atoms with van der Waals surface area (Å²) < 4.78 is 39.3. The fraction of sp³-hybridized carbons (Fsp3) is 0.700. The second-order valence-corrected chi connectivity index (χ2v) is 9.27. The molecule has 2 aliphatic rings. The van der Waals surface area contributed by atoms with Gasteiger partial charge in [-0.3, -0.25) is 14.1 Å². The number of carbonyl (C=O) groups excluding carboxylic acids is 2. The van der Waals surface area contributed by atoms with Crippen molar-refractivity contribution < 1.29 is 82.8 Å². The third-order valence-electron chi connectivity index (χ3n) is 5.02. The normalized spacial score (nSPS) is 18.2. The number of aliphatic carboxylic acids is 2. The Morgan fingerprint density at radius 3 is 1.42 bits per heavy atom. The van der Waals surface area contributed by atoms with Crippen LogP contribution < -0.4 is 29.6 Å². The van der Waals surface area contributed by atoms with E-state index in [4.69, 9.17) is 24.2 Å². The molecule has 1 unspecified atom stereocenters. The number of carboxylic acids is 2. The first kappa shape index (κ1) is 31.5. The molecule has 0 amide bonds. The summed E-state index contributed by atoms with van der Waals surface area (Å²) in [6.45, 7) is 0. The van der Waals surface area contributed by atoms with Gasteiger partial charge >= 0.3 is 53.4 Å². The minimum atomic E-state index is -4.84. The molecule has 0 aromatic carbocycles. The van der Waals surface area contributed by atoms with Gasteiger partial charge in [-0.15, -0.1) is 0 Å². The van der Waals surface area contributed by atoms with Crippen molar-refractivity contribution in [2.45, 2.75) is 88.1 Å². The van der Waals surface area contributed by atoms with E-state index in [2.05, 4.69) is 0 Å². The van der Waals surface area contributed by atoms with Crippen LogP contribution in [0.25, 0.3) is 0 Å². The van der Waals surface area contributed by atoms with Crippen molar-refractivity contribution in [3.05, 3.63) is 12.2 Å². The summed E-state index contributed by atoms with van der Waals surface area (Å²) in [5.74, 6) is -4.37. The van der Waals surface area contributed by atoms with Crippen LogP contribution in [0.1, 0.15) is 72.1 Å². The minimum absolute atomic E-state index is 0. The summed E-state index contributed by atoms with van der Waals surface area (Å²) in [5.41, 5.74) is 0. The number of hydrogen-bond acceptors (Lipinski definition) is 8. The quantitative estimate of drug-likeness (QED) is 0.164. The van der Waals surface area contributed by atoms with Gasteiger partial charge in [-0.05, 0) is 51.4 Å². The topological polar surface area (TPSA) is 182 Å². The van der Waals surface area contributed by atoms with Crippen LogP contribution in [0.5, 0.6) is 0 Å². The Balaban J connectivity index is 0. The number of rotatable bonds is 8. The molecule has 2 fully saturated rings. The summed E-state index contributed by atoms with van der Waals surface area (Å²) in [4.78, 5) is 43.2. The van der Waals surface area contributed by atoms with Crippen LogP contribution in [0.2, 0.25) is 0 Å². The van der Waals surface area contributed by atoms with E-state index in [1.807, 2.05) is 0 Å². The van der Waals surface area contributed by atoms with E-state index in [-0.39, 0.29) is 43.2 Å². The molecule has 0 saturated heterocycles. The molecule has 0 heterocycles. The number of carboxylic acid groups (broad SMARTS) is 2. The molecule has 0 radical (unpaired) electrons. The van der Waals surface area contributed by atoms with Crippen molar-refractivity contribution >= 4 is 34.0 Å². The Labute approximate surface area is 216 Å². The number of esters is 2. The summed E-state index contributed by atoms with van der Waals surface area (Å²) in [5, 5.41) is 13.9. The van der Waals surface area contributed by atoms with Crippen molar-refractivity contribution in [1.82, 2.24) is 0 Å². The molecule has 2 saturated carbocycles.